The highest BCUT2D eigenvalue weighted by atomic mass is 16.5. The summed E-state index contributed by atoms with van der Waals surface area (Å²) in [5, 5.41) is 14.8. The van der Waals surface area contributed by atoms with Crippen LogP contribution in [0.4, 0.5) is 0 Å². The lowest BCUT2D eigenvalue weighted by molar-refractivity contribution is -0.123. The van der Waals surface area contributed by atoms with Crippen LogP contribution in [0.15, 0.2) is 29.4 Å². The molecule has 1 aromatic carbocycles. The summed E-state index contributed by atoms with van der Waals surface area (Å²) in [7, 11) is 0. The molecule has 1 rings (SSSR count). The highest BCUT2D eigenvalue weighted by Crippen LogP contribution is 2.10. The molecule has 0 bridgehead atoms. The average molecular weight is 302 g/mol. The van der Waals surface area contributed by atoms with Crippen molar-refractivity contribution in [2.24, 2.45) is 5.10 Å². The number of carbonyl (C=O) groups is 2. The number of nitrogens with zero attached hydrogens (tertiary/aromatic N) is 2. The SMILES string of the molecule is CC(C)NC(=O)COc1ccc(/C=N\NC(=O)CC#N)cc1. The van der Waals surface area contributed by atoms with E-state index in [4.69, 9.17) is 10.00 Å². The molecule has 0 aromatic heterocycles. The van der Waals surface area contributed by atoms with Gasteiger partial charge in [0.15, 0.2) is 6.61 Å². The standard InChI is InChI=1S/C15H18N4O3/c1-11(2)18-15(21)10-22-13-5-3-12(4-6-13)9-17-19-14(20)7-8-16/h3-6,9,11H,7,10H2,1-2H3,(H,18,21)(H,19,20)/b17-9-. The molecule has 7 nitrogen and oxygen atoms in total. The van der Waals surface area contributed by atoms with Crippen molar-refractivity contribution in [1.82, 2.24) is 10.7 Å². The Morgan fingerprint density at radius 3 is 2.59 bits per heavy atom. The second kappa shape index (κ2) is 9.13. The summed E-state index contributed by atoms with van der Waals surface area (Å²) >= 11 is 0. The molecule has 7 heteroatoms. The molecule has 2 amide bonds. The summed E-state index contributed by atoms with van der Waals surface area (Å²) in [6, 6.07) is 8.65. The van der Waals surface area contributed by atoms with Crippen molar-refractivity contribution in [2.45, 2.75) is 26.3 Å². The van der Waals surface area contributed by atoms with E-state index in [1.54, 1.807) is 30.3 Å². The third kappa shape index (κ3) is 7.05. The van der Waals surface area contributed by atoms with Crippen molar-refractivity contribution < 1.29 is 14.3 Å². The first-order chi connectivity index (χ1) is 10.5. The van der Waals surface area contributed by atoms with Gasteiger partial charge in [0.2, 0.25) is 0 Å². The van der Waals surface area contributed by atoms with Crippen LogP contribution < -0.4 is 15.5 Å². The van der Waals surface area contributed by atoms with Gasteiger partial charge in [-0.15, -0.1) is 0 Å². The number of amides is 2. The Morgan fingerprint density at radius 2 is 2.00 bits per heavy atom. The predicted molar refractivity (Wildman–Crippen MR) is 81.2 cm³/mol. The van der Waals surface area contributed by atoms with Gasteiger partial charge in [-0.05, 0) is 43.7 Å². The Morgan fingerprint density at radius 1 is 1.32 bits per heavy atom. The summed E-state index contributed by atoms with van der Waals surface area (Å²) in [6.45, 7) is 3.71. The van der Waals surface area contributed by atoms with E-state index in [-0.39, 0.29) is 25.0 Å². The molecule has 22 heavy (non-hydrogen) atoms. The number of nitrogens with one attached hydrogen (secondary N) is 2. The van der Waals surface area contributed by atoms with Crippen molar-refractivity contribution in [3.05, 3.63) is 29.8 Å². The molecule has 0 spiro atoms. The molecule has 0 radical (unpaired) electrons. The Balaban J connectivity index is 2.43. The topological polar surface area (TPSA) is 104 Å². The largest absolute Gasteiger partial charge is 0.484 e. The Bertz CT molecular complexity index is 573. The van der Waals surface area contributed by atoms with Crippen LogP contribution in [0.2, 0.25) is 0 Å². The number of hydrogen-bond acceptors (Lipinski definition) is 5. The van der Waals surface area contributed by atoms with Gasteiger partial charge in [-0.3, -0.25) is 9.59 Å². The number of rotatable bonds is 7. The molecule has 0 atom stereocenters. The van der Waals surface area contributed by atoms with E-state index < -0.39 is 5.91 Å². The zero-order valence-corrected chi connectivity index (χ0v) is 12.5. The Kier molecular flexibility index (Phi) is 7.13. The fraction of sp³-hybridized carbons (Fsp3) is 0.333. The maximum atomic E-state index is 11.4. The number of carbonyl (C=O) groups excluding carboxylic acids is 2. The van der Waals surface area contributed by atoms with E-state index in [1.807, 2.05) is 13.8 Å². The van der Waals surface area contributed by atoms with Crippen LogP contribution >= 0.6 is 0 Å². The first-order valence-electron chi connectivity index (χ1n) is 6.72. The van der Waals surface area contributed by atoms with Gasteiger partial charge in [0, 0.05) is 6.04 Å². The number of hydrazone groups is 1. The van der Waals surface area contributed by atoms with E-state index in [0.29, 0.717) is 5.75 Å². The van der Waals surface area contributed by atoms with Crippen molar-refractivity contribution in [3.63, 3.8) is 0 Å². The number of hydrogen-bond donors (Lipinski definition) is 2. The molecule has 1 aromatic rings. The van der Waals surface area contributed by atoms with Gasteiger partial charge in [-0.1, -0.05) is 0 Å². The Hall–Kier alpha value is -2.88. The molecule has 0 saturated heterocycles. The van der Waals surface area contributed by atoms with Crippen molar-refractivity contribution in [2.75, 3.05) is 6.61 Å². The summed E-state index contributed by atoms with van der Waals surface area (Å²) in [5.41, 5.74) is 2.98. The van der Waals surface area contributed by atoms with Crippen LogP contribution in [0.1, 0.15) is 25.8 Å². The highest BCUT2D eigenvalue weighted by Gasteiger charge is 2.04. The quantitative estimate of drug-likeness (QED) is 0.578. The van der Waals surface area contributed by atoms with Crippen LogP contribution in [-0.2, 0) is 9.59 Å². The number of ether oxygens (including phenoxy) is 1. The van der Waals surface area contributed by atoms with E-state index in [2.05, 4.69) is 15.8 Å². The van der Waals surface area contributed by atoms with Crippen molar-refractivity contribution in [1.29, 1.82) is 5.26 Å². The highest BCUT2D eigenvalue weighted by molar-refractivity contribution is 5.83. The van der Waals surface area contributed by atoms with E-state index in [0.717, 1.165) is 5.56 Å². The lowest BCUT2D eigenvalue weighted by atomic mass is 10.2. The second-order valence-electron chi connectivity index (χ2n) is 4.71. The average Bonchev–Trinajstić information content (AvgIpc) is 2.46. The summed E-state index contributed by atoms with van der Waals surface area (Å²) < 4.78 is 5.34. The van der Waals surface area contributed by atoms with Crippen molar-refractivity contribution >= 4 is 18.0 Å². The fourth-order valence-corrected chi connectivity index (χ4v) is 1.45. The Labute approximate surface area is 129 Å². The monoisotopic (exact) mass is 302 g/mol. The maximum absolute atomic E-state index is 11.4. The molecule has 0 aliphatic heterocycles. The van der Waals surface area contributed by atoms with Gasteiger partial charge in [0.25, 0.3) is 11.8 Å². The molecule has 0 aliphatic rings. The third-order valence-corrected chi connectivity index (χ3v) is 2.34. The summed E-state index contributed by atoms with van der Waals surface area (Å²) in [6.07, 6.45) is 1.22. The van der Waals surface area contributed by atoms with Crippen LogP contribution in [0.3, 0.4) is 0 Å². The first-order valence-corrected chi connectivity index (χ1v) is 6.72. The fourth-order valence-electron chi connectivity index (χ4n) is 1.45. The lowest BCUT2D eigenvalue weighted by Crippen LogP contribution is -2.34. The first kappa shape index (κ1) is 17.2. The smallest absolute Gasteiger partial charge is 0.258 e. The molecule has 0 unspecified atom stereocenters. The van der Waals surface area contributed by atoms with E-state index in [1.165, 1.54) is 6.21 Å². The minimum Gasteiger partial charge on any atom is -0.484 e. The van der Waals surface area contributed by atoms with Gasteiger partial charge in [0.1, 0.15) is 12.2 Å². The minimum atomic E-state index is -0.463. The predicted octanol–water partition coefficient (Wildman–Crippen LogP) is 0.954. The maximum Gasteiger partial charge on any atom is 0.258 e. The molecule has 0 aliphatic carbocycles. The molecule has 0 heterocycles. The van der Waals surface area contributed by atoms with E-state index in [9.17, 15) is 9.59 Å². The number of nitriles is 1. The van der Waals surface area contributed by atoms with Gasteiger partial charge < -0.3 is 10.1 Å². The molecular weight excluding hydrogens is 284 g/mol. The van der Waals surface area contributed by atoms with Crippen LogP contribution in [0, 0.1) is 11.3 Å². The van der Waals surface area contributed by atoms with Crippen LogP contribution in [0.5, 0.6) is 5.75 Å². The molecule has 2 N–H and O–H groups in total. The van der Waals surface area contributed by atoms with Crippen LogP contribution in [-0.4, -0.2) is 30.7 Å². The van der Waals surface area contributed by atoms with Gasteiger partial charge in [0.05, 0.1) is 12.3 Å². The van der Waals surface area contributed by atoms with E-state index >= 15 is 0 Å². The van der Waals surface area contributed by atoms with Gasteiger partial charge in [-0.25, -0.2) is 5.43 Å². The summed E-state index contributed by atoms with van der Waals surface area (Å²) in [4.78, 5) is 22.4. The zero-order chi connectivity index (χ0) is 16.4. The third-order valence-electron chi connectivity index (χ3n) is 2.34. The normalized spacial score (nSPS) is 10.3. The summed E-state index contributed by atoms with van der Waals surface area (Å²) in [5.74, 6) is -0.0831. The van der Waals surface area contributed by atoms with Gasteiger partial charge >= 0.3 is 0 Å². The lowest BCUT2D eigenvalue weighted by Gasteiger charge is -2.09. The number of benzene rings is 1. The second-order valence-corrected chi connectivity index (χ2v) is 4.71. The minimum absolute atomic E-state index is 0.0458. The zero-order valence-electron chi connectivity index (χ0n) is 12.5. The van der Waals surface area contributed by atoms with Gasteiger partial charge in [-0.2, -0.15) is 10.4 Å². The van der Waals surface area contributed by atoms with Crippen LogP contribution in [0.25, 0.3) is 0 Å². The molecular formula is C15H18N4O3. The molecule has 0 saturated carbocycles. The molecule has 116 valence electrons. The molecule has 0 fully saturated rings. The van der Waals surface area contributed by atoms with Crippen molar-refractivity contribution in [3.8, 4) is 11.8 Å².